The molecule has 188 valence electrons. The molecule has 3 aromatic rings. The molecule has 2 amide bonds. The lowest BCUT2D eigenvalue weighted by Gasteiger charge is -2.30. The summed E-state index contributed by atoms with van der Waals surface area (Å²) in [4.78, 5) is 34.6. The summed E-state index contributed by atoms with van der Waals surface area (Å²) >= 11 is 0. The van der Waals surface area contributed by atoms with Gasteiger partial charge >= 0.3 is 0 Å². The van der Waals surface area contributed by atoms with Crippen LogP contribution in [0.1, 0.15) is 61.9 Å². The summed E-state index contributed by atoms with van der Waals surface area (Å²) in [6.45, 7) is 3.84. The van der Waals surface area contributed by atoms with Crippen molar-refractivity contribution < 1.29 is 14.0 Å². The minimum Gasteiger partial charge on any atom is -0.353 e. The molecule has 0 saturated heterocycles. The summed E-state index contributed by atoms with van der Waals surface area (Å²) in [5.74, 6) is -0.675. The molecule has 0 bridgehead atoms. The van der Waals surface area contributed by atoms with Gasteiger partial charge in [0.1, 0.15) is 6.04 Å². The summed E-state index contributed by atoms with van der Waals surface area (Å²) in [7, 11) is 0. The number of hydrogen-bond donors (Lipinski definition) is 3. The molecule has 7 nitrogen and oxygen atoms in total. The third-order valence-corrected chi connectivity index (χ3v) is 6.66. The fourth-order valence-corrected chi connectivity index (χ4v) is 4.62. The van der Waals surface area contributed by atoms with Crippen LogP contribution in [0.15, 0.2) is 67.3 Å². The van der Waals surface area contributed by atoms with E-state index in [0.717, 1.165) is 37.4 Å². The Hall–Kier alpha value is -3.81. The predicted octanol–water partition coefficient (Wildman–Crippen LogP) is 5.09. The Kier molecular flexibility index (Phi) is 7.93. The molecule has 2 aromatic heterocycles. The van der Waals surface area contributed by atoms with E-state index in [1.807, 2.05) is 26.0 Å². The van der Waals surface area contributed by atoms with Gasteiger partial charge in [-0.3, -0.25) is 19.6 Å². The molecular formula is C28H32FN5O2. The highest BCUT2D eigenvalue weighted by Crippen LogP contribution is 2.29. The Morgan fingerprint density at radius 1 is 1.06 bits per heavy atom. The van der Waals surface area contributed by atoms with Gasteiger partial charge in [0.15, 0.2) is 5.82 Å². The molecule has 0 radical (unpaired) electrons. The van der Waals surface area contributed by atoms with E-state index in [1.165, 1.54) is 12.3 Å². The monoisotopic (exact) mass is 489 g/mol. The molecule has 0 aliphatic heterocycles. The van der Waals surface area contributed by atoms with E-state index in [1.54, 1.807) is 36.7 Å². The Morgan fingerprint density at radius 3 is 2.56 bits per heavy atom. The zero-order chi connectivity index (χ0) is 25.5. The number of halogens is 1. The van der Waals surface area contributed by atoms with Crippen molar-refractivity contribution in [1.29, 1.82) is 0 Å². The number of benzene rings is 1. The average molecular weight is 490 g/mol. The van der Waals surface area contributed by atoms with Crippen molar-refractivity contribution in [3.8, 4) is 0 Å². The van der Waals surface area contributed by atoms with Gasteiger partial charge in [-0.15, -0.1) is 0 Å². The molecule has 0 spiro atoms. The Labute approximate surface area is 210 Å². The van der Waals surface area contributed by atoms with Gasteiger partial charge in [0.2, 0.25) is 5.91 Å². The number of pyridine rings is 2. The number of aromatic nitrogens is 2. The number of carbonyl (C=O) groups is 2. The topological polar surface area (TPSA) is 96.0 Å². The van der Waals surface area contributed by atoms with Crippen molar-refractivity contribution in [1.82, 2.24) is 20.6 Å². The van der Waals surface area contributed by atoms with Crippen LogP contribution in [0.25, 0.3) is 0 Å². The maximum atomic E-state index is 14.0. The molecular weight excluding hydrogens is 457 g/mol. The number of rotatable bonds is 9. The zero-order valence-corrected chi connectivity index (χ0v) is 20.6. The first-order valence-corrected chi connectivity index (χ1v) is 12.3. The predicted molar refractivity (Wildman–Crippen MR) is 137 cm³/mol. The lowest BCUT2D eigenvalue weighted by Crippen LogP contribution is -2.52. The van der Waals surface area contributed by atoms with Crippen LogP contribution < -0.4 is 16.0 Å². The van der Waals surface area contributed by atoms with E-state index >= 15 is 0 Å². The largest absolute Gasteiger partial charge is 0.353 e. The maximum Gasteiger partial charge on any atom is 0.252 e. The molecule has 1 saturated carbocycles. The summed E-state index contributed by atoms with van der Waals surface area (Å²) in [5.41, 5.74) is 1.43. The van der Waals surface area contributed by atoms with E-state index in [-0.39, 0.29) is 17.5 Å². The van der Waals surface area contributed by atoms with E-state index < -0.39 is 17.4 Å². The van der Waals surface area contributed by atoms with Gasteiger partial charge in [0, 0.05) is 29.8 Å². The smallest absolute Gasteiger partial charge is 0.252 e. The Morgan fingerprint density at radius 2 is 1.83 bits per heavy atom. The first-order chi connectivity index (χ1) is 17.3. The molecule has 8 heteroatoms. The van der Waals surface area contributed by atoms with Crippen LogP contribution in [0.5, 0.6) is 0 Å². The normalized spacial score (nSPS) is 14.8. The maximum absolute atomic E-state index is 14.0. The molecule has 3 N–H and O–H groups in total. The zero-order valence-electron chi connectivity index (χ0n) is 20.6. The lowest BCUT2D eigenvalue weighted by atomic mass is 9.93. The second-order valence-corrected chi connectivity index (χ2v) is 9.83. The van der Waals surface area contributed by atoms with Crippen LogP contribution in [0.4, 0.5) is 15.8 Å². The molecule has 1 fully saturated rings. The van der Waals surface area contributed by atoms with Crippen LogP contribution in [-0.2, 0) is 10.3 Å². The van der Waals surface area contributed by atoms with Crippen molar-refractivity contribution in [2.75, 3.05) is 5.32 Å². The highest BCUT2D eigenvalue weighted by atomic mass is 19.1. The van der Waals surface area contributed by atoms with Gasteiger partial charge in [-0.2, -0.15) is 0 Å². The summed E-state index contributed by atoms with van der Waals surface area (Å²) in [6.07, 6.45) is 11.0. The molecule has 0 unspecified atom stereocenters. The van der Waals surface area contributed by atoms with E-state index in [0.29, 0.717) is 23.6 Å². The number of nitrogens with zero attached hydrogens (tertiary/aromatic N) is 2. The summed E-state index contributed by atoms with van der Waals surface area (Å²) in [6, 6.07) is 11.4. The van der Waals surface area contributed by atoms with Crippen LogP contribution >= 0.6 is 0 Å². The van der Waals surface area contributed by atoms with Gasteiger partial charge in [-0.1, -0.05) is 37.8 Å². The summed E-state index contributed by atoms with van der Waals surface area (Å²) < 4.78 is 14.0. The number of hydrogen-bond acceptors (Lipinski definition) is 5. The van der Waals surface area contributed by atoms with Gasteiger partial charge in [-0.25, -0.2) is 4.39 Å². The van der Waals surface area contributed by atoms with Crippen LogP contribution in [0, 0.1) is 11.7 Å². The molecule has 1 atom stereocenters. The molecule has 1 aliphatic rings. The third kappa shape index (κ3) is 6.44. The third-order valence-electron chi connectivity index (χ3n) is 6.66. The van der Waals surface area contributed by atoms with Crippen molar-refractivity contribution in [3.05, 3.63) is 84.2 Å². The molecule has 36 heavy (non-hydrogen) atoms. The van der Waals surface area contributed by atoms with Crippen LogP contribution in [0.2, 0.25) is 0 Å². The minimum absolute atomic E-state index is 0.225. The van der Waals surface area contributed by atoms with Crippen LogP contribution in [0.3, 0.4) is 0 Å². The Bertz CT molecular complexity index is 1200. The molecule has 1 aromatic carbocycles. The number of amides is 2. The van der Waals surface area contributed by atoms with Gasteiger partial charge in [0.05, 0.1) is 17.4 Å². The average Bonchev–Trinajstić information content (AvgIpc) is 3.39. The van der Waals surface area contributed by atoms with Crippen molar-refractivity contribution in [2.45, 2.75) is 57.5 Å². The highest BCUT2D eigenvalue weighted by molar-refractivity contribution is 5.98. The molecule has 1 aliphatic carbocycles. The van der Waals surface area contributed by atoms with Gasteiger partial charge in [0.25, 0.3) is 5.91 Å². The number of carbonyl (C=O) groups excluding carboxylic acids is 2. The quantitative estimate of drug-likeness (QED) is 0.389. The highest BCUT2D eigenvalue weighted by Gasteiger charge is 2.31. The lowest BCUT2D eigenvalue weighted by molar-refractivity contribution is -0.125. The second-order valence-electron chi connectivity index (χ2n) is 9.83. The standard InChI is InChI=1S/C28H32FN5O2/c1-28(2,21-10-6-13-30-17-21)34-27(36)25(15-19-7-3-4-8-19)33-26(35)20-9-5-11-22(16-20)32-24-12-14-31-18-23(24)29/h5-6,9-14,16-19,25H,3-4,7-8,15H2,1-2H3,(H,31,32)(H,33,35)(H,34,36)/t25-/m1/s1. The van der Waals surface area contributed by atoms with Crippen molar-refractivity contribution in [3.63, 3.8) is 0 Å². The Balaban J connectivity index is 1.49. The second kappa shape index (κ2) is 11.3. The van der Waals surface area contributed by atoms with Crippen LogP contribution in [-0.4, -0.2) is 27.8 Å². The van der Waals surface area contributed by atoms with Gasteiger partial charge in [-0.05, 0) is 62.1 Å². The molecule has 2 heterocycles. The first-order valence-electron chi connectivity index (χ1n) is 12.3. The number of anilines is 2. The van der Waals surface area contributed by atoms with Gasteiger partial charge < -0.3 is 16.0 Å². The SMILES string of the molecule is CC(C)(NC(=O)[C@@H](CC1CCCC1)NC(=O)c1cccc(Nc2ccncc2F)c1)c1cccnc1. The minimum atomic E-state index is -0.675. The van der Waals surface area contributed by atoms with E-state index in [4.69, 9.17) is 0 Å². The number of nitrogens with one attached hydrogen (secondary N) is 3. The molecule has 4 rings (SSSR count). The van der Waals surface area contributed by atoms with Crippen molar-refractivity contribution in [2.24, 2.45) is 5.92 Å². The van der Waals surface area contributed by atoms with Crippen molar-refractivity contribution >= 4 is 23.2 Å². The van der Waals surface area contributed by atoms with E-state index in [2.05, 4.69) is 25.9 Å². The fraction of sp³-hybridized carbons (Fsp3) is 0.357. The summed E-state index contributed by atoms with van der Waals surface area (Å²) in [5, 5.41) is 9.03. The van der Waals surface area contributed by atoms with E-state index in [9.17, 15) is 14.0 Å². The fourth-order valence-electron chi connectivity index (χ4n) is 4.62. The first kappa shape index (κ1) is 25.3.